The van der Waals surface area contributed by atoms with E-state index in [1.807, 2.05) is 29.8 Å². The molecule has 20 N–H and O–H groups in total. The largest absolute Gasteiger partial charge is 0.481 e. The highest BCUT2D eigenvalue weighted by molar-refractivity contribution is 6.02. The van der Waals surface area contributed by atoms with Gasteiger partial charge in [-0.2, -0.15) is 0 Å². The van der Waals surface area contributed by atoms with Crippen molar-refractivity contribution in [3.05, 3.63) is 24.3 Å². The first-order valence-electron chi connectivity index (χ1n) is 32.5. The van der Waals surface area contributed by atoms with Gasteiger partial charge in [-0.15, -0.1) is 0 Å². The van der Waals surface area contributed by atoms with Crippen LogP contribution in [0.2, 0.25) is 0 Å². The number of carboxylic acid groups (broad SMARTS) is 4. The van der Waals surface area contributed by atoms with Crippen molar-refractivity contribution in [1.82, 2.24) is 58.1 Å². The molecule has 0 aromatic heterocycles. The Kier molecular flexibility index (Phi) is 33.6. The summed E-state index contributed by atoms with van der Waals surface area (Å²) in [5.41, 5.74) is 5.71. The number of carbonyl (C=O) groups excluding carboxylic acids is 12. The molecule has 9 unspecified atom stereocenters. The lowest BCUT2D eigenvalue weighted by atomic mass is 9.97. The van der Waals surface area contributed by atoms with Gasteiger partial charge in [-0.1, -0.05) is 66.7 Å². The van der Waals surface area contributed by atoms with Crippen LogP contribution < -0.4 is 58.9 Å². The van der Waals surface area contributed by atoms with Gasteiger partial charge in [-0.05, 0) is 89.5 Å². The summed E-state index contributed by atoms with van der Waals surface area (Å²) in [4.78, 5) is 222. The van der Waals surface area contributed by atoms with Crippen molar-refractivity contribution in [2.24, 2.45) is 41.2 Å². The molecule has 0 aromatic rings. The van der Waals surface area contributed by atoms with Crippen molar-refractivity contribution in [2.75, 3.05) is 19.6 Å². The van der Waals surface area contributed by atoms with Gasteiger partial charge in [0.2, 0.25) is 71.3 Å². The topological polar surface area (TPSA) is 603 Å². The van der Waals surface area contributed by atoms with Crippen LogP contribution in [-0.4, -0.2) is 257 Å². The van der Waals surface area contributed by atoms with Gasteiger partial charge in [0.05, 0.1) is 30.8 Å². The minimum absolute atomic E-state index is 0.0175. The number of aliphatic carboxylic acids is 4. The number of fused-ring (bicyclic) bond motifs is 1. The fourth-order valence-corrected chi connectivity index (χ4v) is 10.6. The highest BCUT2D eigenvalue weighted by Gasteiger charge is 2.51. The number of nitrogens with zero attached hydrogens (tertiary/aromatic N) is 1. The van der Waals surface area contributed by atoms with Crippen molar-refractivity contribution < 1.29 is 127 Å². The van der Waals surface area contributed by atoms with Crippen molar-refractivity contribution in [2.45, 2.75) is 211 Å². The monoisotopic (exact) mass is 1420 g/mol. The average molecular weight is 1430 g/mol. The summed E-state index contributed by atoms with van der Waals surface area (Å²) in [6, 6.07) is -19.6. The van der Waals surface area contributed by atoms with Crippen LogP contribution in [0.3, 0.4) is 0 Å². The second-order valence-electron chi connectivity index (χ2n) is 26.0. The summed E-state index contributed by atoms with van der Waals surface area (Å²) in [6.45, 7) is 13.0. The van der Waals surface area contributed by atoms with Gasteiger partial charge in [0.1, 0.15) is 72.7 Å². The zero-order valence-electron chi connectivity index (χ0n) is 57.0. The third-order valence-corrected chi connectivity index (χ3v) is 16.6. The van der Waals surface area contributed by atoms with Crippen LogP contribution in [0, 0.1) is 35.5 Å². The van der Waals surface area contributed by atoms with Crippen LogP contribution in [0.5, 0.6) is 0 Å². The molecule has 0 aliphatic carbocycles. The highest BCUT2D eigenvalue weighted by atomic mass is 16.7. The van der Waals surface area contributed by atoms with E-state index in [1.54, 1.807) is 19.1 Å². The first kappa shape index (κ1) is 85.0. The number of hydrogen-bond donors (Lipinski definition) is 19. The molecular formula is C62H96N12O26. The Balaban J connectivity index is 2.35. The molecule has 0 radical (unpaired) electrons. The second kappa shape index (κ2) is 39.5. The van der Waals surface area contributed by atoms with Crippen molar-refractivity contribution >= 4 is 94.8 Å². The van der Waals surface area contributed by atoms with E-state index in [9.17, 15) is 118 Å². The number of amides is 11. The average Bonchev–Trinajstić information content (AvgIpc) is 1.44. The third-order valence-electron chi connectivity index (χ3n) is 16.6. The number of carboxylic acids is 4. The first-order valence-corrected chi connectivity index (χ1v) is 32.5. The van der Waals surface area contributed by atoms with Crippen molar-refractivity contribution in [1.29, 1.82) is 0 Å². The summed E-state index contributed by atoms with van der Waals surface area (Å²) in [5.74, 6) is -29.2. The SMILES string of the molecule is CC(C)CC/C=C\C=C\C(=O)N[C@H](C(=O)N[C@@H]1C(=O)N[C@H](C(C)C)C(=O)N[C@@H](CCCCN)C(=O)N[C@@H](C(O)C(=O)O)C(=O)N[C@@H](CC(=O)O)C(=O)NCC(=O)N[C@H](C(C)C(=O)OC2OC(C(=O)O)C(O)C(O)C2O)C(=O)N[C@@H](C(C)C)C(=O)N2C[C@H](C)C[C@H]2C(=O)NC1C)C(C)C(=O)O. The van der Waals surface area contributed by atoms with Crippen LogP contribution in [-0.2, 0) is 86.2 Å². The molecule has 11 amide bonds. The normalized spacial score (nSPS) is 28.8. The van der Waals surface area contributed by atoms with Crippen LogP contribution in [0.4, 0.5) is 0 Å². The lowest BCUT2D eigenvalue weighted by Crippen LogP contribution is -2.65. The molecule has 19 atom stereocenters. The molecule has 0 aromatic carbocycles. The zero-order valence-corrected chi connectivity index (χ0v) is 57.0. The number of ether oxygens (including phenoxy) is 2. The second-order valence-corrected chi connectivity index (χ2v) is 26.0. The number of unbranched alkanes of at least 4 members (excludes halogenated alkanes) is 1. The fraction of sp³-hybridized carbons (Fsp3) is 0.677. The zero-order chi connectivity index (χ0) is 75.9. The maximum atomic E-state index is 15.0. The molecule has 560 valence electrons. The summed E-state index contributed by atoms with van der Waals surface area (Å²) < 4.78 is 10.2. The smallest absolute Gasteiger partial charge is 0.335 e. The molecule has 0 saturated carbocycles. The standard InChI is InChI=1S/C62H96N12O26/c1-25(2)17-13-11-12-14-19-35(75)68-40(29(8)58(92)93)53(87)72-42-31(10)65-51(85)34-21-28(7)24-74(34)57(91)39(27(5)6)71-54(88)41(30(9)61(98)100-62-47(82)45(80)46(81)48(99-62)60(96)97)69-36(76)23-64-49(83)33(22-37(77)78)67-56(90)43(44(79)59(94)95)73-50(84)32(18-15-16-20-63)66-52(86)38(26(3)4)70-55(42)89/h11-12,14,19,25-34,38-48,62,79-82H,13,15-18,20-24,63H2,1-10H3,(H,64,83)(H,65,85)(H,66,86)(H,67,90)(H,68,75)(H,69,76)(H,70,89)(H,71,88)(H,72,87)(H,73,84)(H,77,78)(H,92,93)(H,94,95)(H,96,97)/b12-11-,19-14+/t28-,29?,30?,31?,32+,33+,34+,38-,39+,40+,41-,42+,43+,44?,45?,46?,47?,48?,62?/m1/s1. The molecule has 3 aliphatic rings. The van der Waals surface area contributed by atoms with E-state index in [0.29, 0.717) is 12.3 Å². The molecule has 100 heavy (non-hydrogen) atoms. The van der Waals surface area contributed by atoms with Crippen molar-refractivity contribution in [3.8, 4) is 0 Å². The molecule has 38 nitrogen and oxygen atoms in total. The number of rotatable bonds is 24. The predicted molar refractivity (Wildman–Crippen MR) is 343 cm³/mol. The highest BCUT2D eigenvalue weighted by Crippen LogP contribution is 2.27. The van der Waals surface area contributed by atoms with E-state index in [0.717, 1.165) is 31.2 Å². The van der Waals surface area contributed by atoms with E-state index in [4.69, 9.17) is 15.2 Å². The van der Waals surface area contributed by atoms with Gasteiger partial charge >= 0.3 is 29.8 Å². The molecule has 0 bridgehead atoms. The van der Waals surface area contributed by atoms with E-state index in [1.165, 1.54) is 40.7 Å². The van der Waals surface area contributed by atoms with Gasteiger partial charge in [0.25, 0.3) is 0 Å². The van der Waals surface area contributed by atoms with Gasteiger partial charge in [0, 0.05) is 12.6 Å². The molecule has 38 heteroatoms. The number of carbonyl (C=O) groups is 16. The number of aliphatic hydroxyl groups excluding tert-OH is 4. The summed E-state index contributed by atoms with van der Waals surface area (Å²) >= 11 is 0. The van der Waals surface area contributed by atoms with E-state index in [-0.39, 0.29) is 38.8 Å². The molecule has 3 fully saturated rings. The summed E-state index contributed by atoms with van der Waals surface area (Å²) in [6.07, 6.45) is -9.03. The predicted octanol–water partition coefficient (Wildman–Crippen LogP) is -6.56. The van der Waals surface area contributed by atoms with Gasteiger partial charge in [-0.25, -0.2) is 9.59 Å². The lowest BCUT2D eigenvalue weighted by Gasteiger charge is -2.38. The molecule has 3 rings (SSSR count). The van der Waals surface area contributed by atoms with Gasteiger partial charge < -0.3 is 114 Å². The van der Waals surface area contributed by atoms with E-state index in [2.05, 4.69) is 37.2 Å². The Morgan fingerprint density at radius 2 is 1.26 bits per heavy atom. The molecule has 0 spiro atoms. The van der Waals surface area contributed by atoms with Gasteiger partial charge in [-0.3, -0.25) is 67.1 Å². The molecule has 3 aliphatic heterocycles. The van der Waals surface area contributed by atoms with Crippen LogP contribution in [0.1, 0.15) is 114 Å². The number of esters is 1. The van der Waals surface area contributed by atoms with Crippen LogP contribution in [0.25, 0.3) is 0 Å². The summed E-state index contributed by atoms with van der Waals surface area (Å²) in [7, 11) is 0. The molecule has 3 saturated heterocycles. The number of hydrogen-bond acceptors (Lipinski definition) is 23. The Morgan fingerprint density at radius 3 is 1.83 bits per heavy atom. The lowest BCUT2D eigenvalue weighted by molar-refractivity contribution is -0.287. The minimum atomic E-state index is -2.91. The van der Waals surface area contributed by atoms with E-state index >= 15 is 0 Å². The number of aliphatic hydroxyl groups is 4. The Hall–Kier alpha value is -9.24. The number of nitrogens with two attached hydrogens (primary N) is 1. The number of allylic oxidation sites excluding steroid dienone is 3. The van der Waals surface area contributed by atoms with Gasteiger partial charge in [0.15, 0.2) is 12.2 Å². The summed E-state index contributed by atoms with van der Waals surface area (Å²) in [5, 5.41) is 104. The maximum Gasteiger partial charge on any atom is 0.335 e. The Labute approximate surface area is 574 Å². The maximum absolute atomic E-state index is 15.0. The molecule has 3 heterocycles. The van der Waals surface area contributed by atoms with E-state index < -0.39 is 235 Å². The Bertz CT molecular complexity index is 3060. The number of nitrogens with one attached hydrogen (secondary N) is 10. The fourth-order valence-electron chi connectivity index (χ4n) is 10.6. The minimum Gasteiger partial charge on any atom is -0.481 e. The van der Waals surface area contributed by atoms with Crippen LogP contribution in [0.15, 0.2) is 24.3 Å². The first-order chi connectivity index (χ1) is 46.6. The quantitative estimate of drug-likeness (QED) is 0.0185. The van der Waals surface area contributed by atoms with Crippen molar-refractivity contribution in [3.63, 3.8) is 0 Å². The molecular weight excluding hydrogens is 1330 g/mol. The third kappa shape index (κ3) is 24.9. The Morgan fingerprint density at radius 1 is 0.670 bits per heavy atom. The van der Waals surface area contributed by atoms with Crippen LogP contribution >= 0.6 is 0 Å².